The minimum absolute atomic E-state index is 0.200. The van der Waals surface area contributed by atoms with E-state index in [9.17, 15) is 32.0 Å². The molecule has 2 aliphatic carbocycles. The van der Waals surface area contributed by atoms with Gasteiger partial charge in [-0.15, -0.1) is 0 Å². The number of halogens is 1. The monoisotopic (exact) mass is 709 g/mol. The summed E-state index contributed by atoms with van der Waals surface area (Å²) in [5.41, 5.74) is 0.843. The van der Waals surface area contributed by atoms with Gasteiger partial charge in [-0.3, -0.25) is 24.0 Å². The average molecular weight is 710 g/mol. The van der Waals surface area contributed by atoms with Crippen molar-refractivity contribution in [2.24, 2.45) is 5.92 Å². The van der Waals surface area contributed by atoms with Crippen molar-refractivity contribution in [1.29, 1.82) is 0 Å². The summed E-state index contributed by atoms with van der Waals surface area (Å²) < 4.78 is 45.5. The molecule has 2 saturated carbocycles. The number of carbonyl (C=O) groups is 4. The number of alkyl halides is 1. The minimum atomic E-state index is -3.87. The van der Waals surface area contributed by atoms with Gasteiger partial charge in [-0.1, -0.05) is 61.4 Å². The zero-order valence-corrected chi connectivity index (χ0v) is 28.8. The third-order valence-corrected chi connectivity index (χ3v) is 12.6. The van der Waals surface area contributed by atoms with Crippen molar-refractivity contribution in [3.05, 3.63) is 59.7 Å². The van der Waals surface area contributed by atoms with Gasteiger partial charge in [-0.2, -0.15) is 0 Å². The van der Waals surface area contributed by atoms with Crippen LogP contribution < -0.4 is 15.4 Å². The highest BCUT2D eigenvalue weighted by Gasteiger charge is 2.62. The summed E-state index contributed by atoms with van der Waals surface area (Å²) in [6.45, 7) is 0.127. The molecule has 3 heterocycles. The maximum atomic E-state index is 14.4. The maximum absolute atomic E-state index is 14.4. The van der Waals surface area contributed by atoms with Gasteiger partial charge in [-0.05, 0) is 66.8 Å². The Balaban J connectivity index is 1.18. The molecule has 50 heavy (non-hydrogen) atoms. The van der Waals surface area contributed by atoms with E-state index in [1.54, 1.807) is 0 Å². The fraction of sp³-hybridized carbons (Fsp3) is 0.556. The highest BCUT2D eigenvalue weighted by atomic mass is 32.2. The Morgan fingerprint density at radius 2 is 1.76 bits per heavy atom. The van der Waals surface area contributed by atoms with Gasteiger partial charge >= 0.3 is 6.09 Å². The highest BCUT2D eigenvalue weighted by molar-refractivity contribution is 7.91. The smallest absolute Gasteiger partial charge is 0.407 e. The van der Waals surface area contributed by atoms with E-state index in [4.69, 9.17) is 4.74 Å². The SMILES string of the molecule is O=C(NC1CCCCC/C=C/C2CC2(C(=O)NS(=O)(=O)C2CC2)NC(=O)C2C[C@@H](N3Cc4cccc5cccc(c45)C3)CN2C1=O)OCCF. The van der Waals surface area contributed by atoms with Crippen LogP contribution in [0.2, 0.25) is 0 Å². The number of allylic oxidation sites excluding steroid dienone is 1. The van der Waals surface area contributed by atoms with Gasteiger partial charge in [0, 0.05) is 31.6 Å². The summed E-state index contributed by atoms with van der Waals surface area (Å²) in [6, 6.07) is 10.2. The lowest BCUT2D eigenvalue weighted by molar-refractivity contribution is -0.141. The summed E-state index contributed by atoms with van der Waals surface area (Å²) in [7, 11) is -3.87. The van der Waals surface area contributed by atoms with Crippen LogP contribution in [0.4, 0.5) is 9.18 Å². The van der Waals surface area contributed by atoms with Gasteiger partial charge in [-0.25, -0.2) is 17.6 Å². The Bertz CT molecular complexity index is 1780. The van der Waals surface area contributed by atoms with E-state index in [0.29, 0.717) is 45.2 Å². The number of benzene rings is 2. The third-order valence-electron chi connectivity index (χ3n) is 10.8. The first-order valence-corrected chi connectivity index (χ1v) is 19.2. The highest BCUT2D eigenvalue weighted by Crippen LogP contribution is 2.46. The zero-order chi connectivity index (χ0) is 35.0. The number of rotatable bonds is 7. The molecule has 7 rings (SSSR count). The number of sulfonamides is 1. The van der Waals surface area contributed by atoms with Gasteiger partial charge in [0.05, 0.1) is 5.25 Å². The third kappa shape index (κ3) is 6.96. The van der Waals surface area contributed by atoms with Crippen molar-refractivity contribution >= 4 is 44.6 Å². The average Bonchev–Trinajstić information content (AvgIpc) is 4.02. The Labute approximate surface area is 291 Å². The van der Waals surface area contributed by atoms with Crippen LogP contribution in [0.15, 0.2) is 48.6 Å². The molecule has 12 nitrogen and oxygen atoms in total. The molecule has 4 unspecified atom stereocenters. The molecule has 0 aromatic heterocycles. The number of fused-ring (bicyclic) bond motifs is 2. The zero-order valence-electron chi connectivity index (χ0n) is 27.9. The van der Waals surface area contributed by atoms with Crippen LogP contribution in [0.3, 0.4) is 0 Å². The normalized spacial score (nSPS) is 29.5. The summed E-state index contributed by atoms with van der Waals surface area (Å²) in [5, 5.41) is 7.29. The van der Waals surface area contributed by atoms with Crippen LogP contribution in [0.1, 0.15) is 68.9 Å². The number of nitrogens with zero attached hydrogens (tertiary/aromatic N) is 2. The quantitative estimate of drug-likeness (QED) is 0.371. The van der Waals surface area contributed by atoms with Gasteiger partial charge in [0.2, 0.25) is 21.8 Å². The molecule has 4 amide bonds. The van der Waals surface area contributed by atoms with Crippen molar-refractivity contribution in [2.45, 2.75) is 99.8 Å². The van der Waals surface area contributed by atoms with Crippen molar-refractivity contribution < 1.29 is 36.7 Å². The summed E-state index contributed by atoms with van der Waals surface area (Å²) in [4.78, 5) is 58.7. The van der Waals surface area contributed by atoms with E-state index >= 15 is 0 Å². The Hall–Kier alpha value is -4.04. The molecule has 14 heteroatoms. The predicted molar refractivity (Wildman–Crippen MR) is 183 cm³/mol. The molecule has 3 aliphatic heterocycles. The second-order valence-electron chi connectivity index (χ2n) is 14.3. The minimum Gasteiger partial charge on any atom is -0.447 e. The molecule has 3 N–H and O–H groups in total. The van der Waals surface area contributed by atoms with Crippen molar-refractivity contribution in [2.75, 3.05) is 19.8 Å². The summed E-state index contributed by atoms with van der Waals surface area (Å²) in [6.07, 6.45) is 7.54. The lowest BCUT2D eigenvalue weighted by Gasteiger charge is -2.34. The van der Waals surface area contributed by atoms with Gasteiger partial charge in [0.25, 0.3) is 5.91 Å². The molecule has 1 saturated heterocycles. The summed E-state index contributed by atoms with van der Waals surface area (Å²) in [5.74, 6) is -2.17. The van der Waals surface area contributed by atoms with Crippen molar-refractivity contribution in [1.82, 2.24) is 25.2 Å². The number of alkyl carbamates (subject to hydrolysis) is 1. The van der Waals surface area contributed by atoms with Crippen LogP contribution in [-0.2, 0) is 42.2 Å². The Morgan fingerprint density at radius 3 is 2.46 bits per heavy atom. The molecule has 0 spiro atoms. The fourth-order valence-corrected chi connectivity index (χ4v) is 9.24. The lowest BCUT2D eigenvalue weighted by atomic mass is 9.94. The van der Waals surface area contributed by atoms with Gasteiger partial charge < -0.3 is 20.3 Å². The lowest BCUT2D eigenvalue weighted by Crippen LogP contribution is -2.58. The van der Waals surface area contributed by atoms with E-state index in [-0.39, 0.29) is 25.4 Å². The van der Waals surface area contributed by atoms with E-state index in [2.05, 4.69) is 44.5 Å². The van der Waals surface area contributed by atoms with Crippen LogP contribution in [0.5, 0.6) is 0 Å². The number of nitrogens with one attached hydrogen (secondary N) is 3. The standard InChI is InChI=1S/C36H44FN5O7S/c37-16-17-49-35(46)38-29-13-5-3-1-2-4-12-26-19-36(26,34(45)40-50(47,48)28-14-15-28)39-32(43)30-18-27(22-42(30)33(29)44)41-20-24-10-6-8-23-9-7-11-25(21-41)31(23)24/h4,6-12,26-30H,1-3,5,13-22H2,(H,38,46)(H,39,43)(H,40,45)/b12-4+/t26?,27-,29?,30?,36?/m1/s1. The van der Waals surface area contributed by atoms with E-state index < -0.39 is 75.9 Å². The number of amides is 4. The molecule has 5 aliphatic rings. The molecule has 0 bridgehead atoms. The summed E-state index contributed by atoms with van der Waals surface area (Å²) >= 11 is 0. The maximum Gasteiger partial charge on any atom is 0.407 e. The van der Waals surface area contributed by atoms with Crippen molar-refractivity contribution in [3.8, 4) is 0 Å². The first-order valence-electron chi connectivity index (χ1n) is 17.7. The first kappa shape index (κ1) is 34.4. The first-order chi connectivity index (χ1) is 24.1. The molecule has 5 atom stereocenters. The van der Waals surface area contributed by atoms with E-state index in [1.165, 1.54) is 10.3 Å². The van der Waals surface area contributed by atoms with Crippen LogP contribution in [0, 0.1) is 5.92 Å². The number of hydrogen-bond donors (Lipinski definition) is 3. The number of ether oxygens (including phenoxy) is 1. The van der Waals surface area contributed by atoms with Crippen molar-refractivity contribution in [3.63, 3.8) is 0 Å². The Kier molecular flexibility index (Phi) is 9.59. The fourth-order valence-electron chi connectivity index (χ4n) is 7.88. The predicted octanol–water partition coefficient (Wildman–Crippen LogP) is 3.19. The molecule has 3 fully saturated rings. The Morgan fingerprint density at radius 1 is 1.02 bits per heavy atom. The molecular formula is C36H44FN5O7S. The number of carbonyl (C=O) groups excluding carboxylic acids is 4. The van der Waals surface area contributed by atoms with E-state index in [0.717, 1.165) is 29.4 Å². The molecular weight excluding hydrogens is 665 g/mol. The molecule has 0 radical (unpaired) electrons. The number of hydrogen-bond acceptors (Lipinski definition) is 8. The van der Waals surface area contributed by atoms with E-state index in [1.807, 2.05) is 24.3 Å². The van der Waals surface area contributed by atoms with Gasteiger partial charge in [0.1, 0.15) is 30.9 Å². The topological polar surface area (TPSA) is 154 Å². The van der Waals surface area contributed by atoms with Crippen LogP contribution in [0.25, 0.3) is 10.8 Å². The molecule has 2 aromatic rings. The molecule has 268 valence electrons. The molecule has 2 aromatic carbocycles. The second kappa shape index (κ2) is 13.9. The van der Waals surface area contributed by atoms with Crippen LogP contribution in [-0.4, -0.2) is 90.8 Å². The van der Waals surface area contributed by atoms with Gasteiger partial charge in [0.15, 0.2) is 0 Å². The second-order valence-corrected chi connectivity index (χ2v) is 16.2. The largest absolute Gasteiger partial charge is 0.447 e. The van der Waals surface area contributed by atoms with Crippen LogP contribution >= 0.6 is 0 Å².